The van der Waals surface area contributed by atoms with Gasteiger partial charge in [-0.25, -0.2) is 0 Å². The Morgan fingerprint density at radius 3 is 2.67 bits per heavy atom. The molecule has 0 saturated heterocycles. The van der Waals surface area contributed by atoms with Crippen molar-refractivity contribution in [3.05, 3.63) is 71.5 Å². The summed E-state index contributed by atoms with van der Waals surface area (Å²) in [6.07, 6.45) is 0. The Kier molecular flexibility index (Phi) is 1.97. The highest BCUT2D eigenvalue weighted by atomic mass is 15.2. The van der Waals surface area contributed by atoms with E-state index >= 15 is 0 Å². The molecule has 0 fully saturated rings. The Morgan fingerprint density at radius 2 is 1.78 bits per heavy atom. The van der Waals surface area contributed by atoms with Crippen LogP contribution < -0.4 is 0 Å². The van der Waals surface area contributed by atoms with Crippen molar-refractivity contribution in [2.45, 2.75) is 12.6 Å². The van der Waals surface area contributed by atoms with E-state index in [0.29, 0.717) is 0 Å². The lowest BCUT2D eigenvalue weighted by Crippen LogP contribution is -2.01. The van der Waals surface area contributed by atoms with Gasteiger partial charge in [-0.05, 0) is 29.4 Å². The van der Waals surface area contributed by atoms with Gasteiger partial charge in [0.05, 0.1) is 0 Å². The summed E-state index contributed by atoms with van der Waals surface area (Å²) in [5.41, 5.74) is 3.87. The van der Waals surface area contributed by atoms with E-state index in [9.17, 15) is 0 Å². The smallest absolute Gasteiger partial charge is 0.0136 e. The SMILES string of the molecule is c1ccc([C@H]2Cn3c(ccc4cccc3-4)[N-]2)cc1. The average Bonchev–Trinajstić information content (AvgIpc) is 3.05. The Morgan fingerprint density at radius 1 is 0.889 bits per heavy atom. The van der Waals surface area contributed by atoms with Gasteiger partial charge in [0.2, 0.25) is 0 Å². The molecule has 1 aromatic rings. The van der Waals surface area contributed by atoms with Gasteiger partial charge in [0, 0.05) is 0 Å². The van der Waals surface area contributed by atoms with Crippen molar-refractivity contribution in [2.75, 3.05) is 0 Å². The van der Waals surface area contributed by atoms with Gasteiger partial charge in [-0.1, -0.05) is 66.5 Å². The number of hydrogen-bond acceptors (Lipinski definition) is 0. The molecule has 3 aliphatic rings. The summed E-state index contributed by atoms with van der Waals surface area (Å²) in [6.45, 7) is 0.945. The number of nitrogens with zero attached hydrogens (tertiary/aromatic N) is 2. The van der Waals surface area contributed by atoms with Gasteiger partial charge in [0.1, 0.15) is 0 Å². The zero-order valence-corrected chi connectivity index (χ0v) is 9.95. The molecular formula is C16H13N2-. The first-order valence-electron chi connectivity index (χ1n) is 6.26. The maximum Gasteiger partial charge on any atom is -0.0136 e. The van der Waals surface area contributed by atoms with Crippen LogP contribution in [0.1, 0.15) is 11.6 Å². The quantitative estimate of drug-likeness (QED) is 0.595. The van der Waals surface area contributed by atoms with Gasteiger partial charge < -0.3 is 9.88 Å². The molecule has 0 aromatic heterocycles. The third-order valence-electron chi connectivity index (χ3n) is 3.63. The van der Waals surface area contributed by atoms with Crippen LogP contribution in [0.3, 0.4) is 0 Å². The zero-order valence-electron chi connectivity index (χ0n) is 9.95. The average molecular weight is 233 g/mol. The van der Waals surface area contributed by atoms with Crippen LogP contribution in [0.15, 0.2) is 60.7 Å². The highest BCUT2D eigenvalue weighted by Gasteiger charge is 2.15. The highest BCUT2D eigenvalue weighted by molar-refractivity contribution is 5.69. The normalized spacial score (nSPS) is 17.7. The van der Waals surface area contributed by atoms with Crippen LogP contribution in [-0.2, 0) is 6.54 Å². The van der Waals surface area contributed by atoms with Crippen LogP contribution in [0.5, 0.6) is 0 Å². The summed E-state index contributed by atoms with van der Waals surface area (Å²) in [7, 11) is 0. The zero-order chi connectivity index (χ0) is 11.9. The molecule has 1 aromatic carbocycles. The topological polar surface area (TPSA) is 19.0 Å². The third-order valence-corrected chi connectivity index (χ3v) is 3.63. The van der Waals surface area contributed by atoms with E-state index in [1.54, 1.807) is 0 Å². The lowest BCUT2D eigenvalue weighted by atomic mass is 10.1. The summed E-state index contributed by atoms with van der Waals surface area (Å²) in [5, 5.41) is 4.81. The minimum atomic E-state index is 0.256. The molecule has 2 heteroatoms. The van der Waals surface area contributed by atoms with E-state index in [-0.39, 0.29) is 6.04 Å². The van der Waals surface area contributed by atoms with E-state index in [4.69, 9.17) is 5.32 Å². The molecule has 2 aliphatic heterocycles. The maximum absolute atomic E-state index is 4.81. The molecule has 88 valence electrons. The van der Waals surface area contributed by atoms with Gasteiger partial charge in [-0.3, -0.25) is 0 Å². The second-order valence-electron chi connectivity index (χ2n) is 4.72. The molecule has 1 aliphatic carbocycles. The number of aromatic nitrogens is 1. The molecule has 0 bridgehead atoms. The van der Waals surface area contributed by atoms with E-state index in [0.717, 1.165) is 12.4 Å². The molecule has 0 spiro atoms. The summed E-state index contributed by atoms with van der Waals surface area (Å²) in [6, 6.07) is 21.5. The minimum absolute atomic E-state index is 0.256. The van der Waals surface area contributed by atoms with Crippen LogP contribution in [0.4, 0.5) is 5.82 Å². The Bertz CT molecular complexity index is 654. The van der Waals surface area contributed by atoms with Gasteiger partial charge >= 0.3 is 0 Å². The fraction of sp³-hybridized carbons (Fsp3) is 0.125. The highest BCUT2D eigenvalue weighted by Crippen LogP contribution is 2.43. The van der Waals surface area contributed by atoms with Crippen molar-refractivity contribution in [3.8, 4) is 11.3 Å². The van der Waals surface area contributed by atoms with E-state index in [1.807, 2.05) is 6.07 Å². The first-order chi connectivity index (χ1) is 8.92. The van der Waals surface area contributed by atoms with Gasteiger partial charge in [0.15, 0.2) is 0 Å². The van der Waals surface area contributed by atoms with Gasteiger partial charge in [-0.2, -0.15) is 0 Å². The Hall–Kier alpha value is -2.22. The van der Waals surface area contributed by atoms with Crippen LogP contribution in [-0.4, -0.2) is 4.57 Å². The number of rotatable bonds is 1. The fourth-order valence-electron chi connectivity index (χ4n) is 2.72. The Labute approximate surface area is 106 Å². The number of benzene rings is 1. The van der Waals surface area contributed by atoms with Crippen molar-refractivity contribution >= 4 is 5.82 Å². The first kappa shape index (κ1) is 9.77. The van der Waals surface area contributed by atoms with Crippen molar-refractivity contribution in [2.24, 2.45) is 0 Å². The molecule has 2 nitrogen and oxygen atoms in total. The fourth-order valence-corrected chi connectivity index (χ4v) is 2.72. The lowest BCUT2D eigenvalue weighted by molar-refractivity contribution is 0.698. The minimum Gasteiger partial charge on any atom is -0.458 e. The summed E-state index contributed by atoms with van der Waals surface area (Å²) in [5.74, 6) is 1.09. The van der Waals surface area contributed by atoms with Crippen molar-refractivity contribution in [1.82, 2.24) is 4.57 Å². The summed E-state index contributed by atoms with van der Waals surface area (Å²) >= 11 is 0. The van der Waals surface area contributed by atoms with Crippen LogP contribution in [0.2, 0.25) is 0 Å². The first-order valence-corrected chi connectivity index (χ1v) is 6.26. The number of hydrogen-bond donors (Lipinski definition) is 0. The van der Waals surface area contributed by atoms with Gasteiger partial charge in [0.25, 0.3) is 0 Å². The second kappa shape index (κ2) is 3.64. The molecule has 0 N–H and O–H groups in total. The molecule has 0 radical (unpaired) electrons. The van der Waals surface area contributed by atoms with Gasteiger partial charge in [-0.15, -0.1) is 0 Å². The van der Waals surface area contributed by atoms with E-state index in [2.05, 4.69) is 59.2 Å². The molecule has 2 heterocycles. The maximum atomic E-state index is 4.81. The molecule has 0 saturated carbocycles. The Balaban J connectivity index is 1.76. The predicted molar refractivity (Wildman–Crippen MR) is 73.3 cm³/mol. The van der Waals surface area contributed by atoms with Crippen molar-refractivity contribution < 1.29 is 0 Å². The lowest BCUT2D eigenvalue weighted by Gasteiger charge is -2.18. The van der Waals surface area contributed by atoms with E-state index in [1.165, 1.54) is 16.8 Å². The molecule has 4 rings (SSSR count). The molecular weight excluding hydrogens is 220 g/mol. The summed E-state index contributed by atoms with van der Waals surface area (Å²) < 4.78 is 2.31. The van der Waals surface area contributed by atoms with Crippen LogP contribution >= 0.6 is 0 Å². The van der Waals surface area contributed by atoms with Crippen molar-refractivity contribution in [3.63, 3.8) is 0 Å². The molecule has 0 unspecified atom stereocenters. The number of fused-ring (bicyclic) bond motifs is 3. The molecule has 1 atom stereocenters. The molecule has 0 amide bonds. The monoisotopic (exact) mass is 233 g/mol. The second-order valence-corrected chi connectivity index (χ2v) is 4.72. The summed E-state index contributed by atoms with van der Waals surface area (Å²) in [4.78, 5) is 0. The predicted octanol–water partition coefficient (Wildman–Crippen LogP) is 4.35. The third kappa shape index (κ3) is 1.35. The largest absolute Gasteiger partial charge is 0.458 e. The molecule has 18 heavy (non-hydrogen) atoms. The number of pyridine rings is 1. The standard InChI is InChI=1S/C16H13N2/c1-2-5-12(6-3-1)14-11-18-15-8-4-7-13(15)9-10-16(18)17-14/h1-10,14H,11H2/q-1/t14-/m1/s1. The van der Waals surface area contributed by atoms with E-state index < -0.39 is 0 Å². The van der Waals surface area contributed by atoms with Crippen molar-refractivity contribution in [1.29, 1.82) is 0 Å². The van der Waals surface area contributed by atoms with Crippen LogP contribution in [0, 0.1) is 0 Å². The van der Waals surface area contributed by atoms with Crippen LogP contribution in [0.25, 0.3) is 16.6 Å².